The molecule has 1 rings (SSSR count). The first-order valence-corrected chi connectivity index (χ1v) is 9.29. The Labute approximate surface area is 141 Å². The molecule has 3 heteroatoms. The minimum absolute atomic E-state index is 0. The van der Waals surface area contributed by atoms with E-state index < -0.39 is 0 Å². The van der Waals surface area contributed by atoms with Crippen molar-refractivity contribution in [3.8, 4) is 0 Å². The van der Waals surface area contributed by atoms with Gasteiger partial charge in [0.2, 0.25) is 0 Å². The fourth-order valence-electron chi connectivity index (χ4n) is 3.91. The third-order valence-electron chi connectivity index (χ3n) is 4.16. The zero-order chi connectivity index (χ0) is 15.0. The van der Waals surface area contributed by atoms with Crippen LogP contribution in [0.25, 0.3) is 0 Å². The third kappa shape index (κ3) is 5.10. The fraction of sp³-hybridized carbons (Fsp3) is 0.882. The van der Waals surface area contributed by atoms with Crippen molar-refractivity contribution in [3.63, 3.8) is 0 Å². The molecule has 0 radical (unpaired) electrons. The Kier molecular flexibility index (Phi) is 7.45. The van der Waals surface area contributed by atoms with Crippen LogP contribution in [0.2, 0.25) is 0 Å². The largest absolute Gasteiger partial charge is 0.383 e. The molecular formula is C17H34NPRu. The van der Waals surface area contributed by atoms with E-state index in [1.165, 1.54) is 12.1 Å². The topological polar surface area (TPSA) is 12.0 Å². The first-order valence-electron chi connectivity index (χ1n) is 7.74. The molecule has 1 fully saturated rings. The number of hydrogen-bond donors (Lipinski definition) is 1. The summed E-state index contributed by atoms with van der Waals surface area (Å²) in [6, 6.07) is 0. The molecule has 1 heterocycles. The van der Waals surface area contributed by atoms with Gasteiger partial charge in [0.15, 0.2) is 0 Å². The normalized spacial score (nSPS) is 24.1. The van der Waals surface area contributed by atoms with E-state index in [1.54, 1.807) is 0 Å². The molecule has 1 nitrogen and oxygen atoms in total. The first kappa shape index (κ1) is 20.6. The average molecular weight is 385 g/mol. The van der Waals surface area contributed by atoms with Crippen molar-refractivity contribution in [3.05, 3.63) is 11.8 Å². The van der Waals surface area contributed by atoms with Gasteiger partial charge < -0.3 is 5.32 Å². The van der Waals surface area contributed by atoms with E-state index in [1.807, 2.05) is 0 Å². The van der Waals surface area contributed by atoms with Gasteiger partial charge in [0.1, 0.15) is 0 Å². The number of hydrogen-bond acceptors (Lipinski definition) is 1. The van der Waals surface area contributed by atoms with Crippen LogP contribution >= 0.6 is 7.92 Å². The summed E-state index contributed by atoms with van der Waals surface area (Å²) in [6.45, 7) is 21.3. The molecule has 1 aliphatic rings. The Hall–Kier alpha value is 0.593. The molecule has 120 valence electrons. The van der Waals surface area contributed by atoms with Gasteiger partial charge in [-0.1, -0.05) is 62.5 Å². The molecule has 0 spiro atoms. The van der Waals surface area contributed by atoms with E-state index >= 15 is 0 Å². The monoisotopic (exact) mass is 385 g/mol. The Balaban J connectivity index is 0.00000361. The molecular weight excluding hydrogens is 350 g/mol. The Morgan fingerprint density at radius 3 is 1.75 bits per heavy atom. The van der Waals surface area contributed by atoms with Crippen molar-refractivity contribution < 1.29 is 19.5 Å². The smallest absolute Gasteiger partial charge is 0.0323 e. The fourth-order valence-corrected chi connectivity index (χ4v) is 7.30. The summed E-state index contributed by atoms with van der Waals surface area (Å²) in [4.78, 5) is 0. The summed E-state index contributed by atoms with van der Waals surface area (Å²) in [5, 5.41) is 3.76. The predicted molar refractivity (Wildman–Crippen MR) is 90.3 cm³/mol. The molecule has 0 aliphatic carbocycles. The molecule has 1 atom stereocenters. The van der Waals surface area contributed by atoms with Gasteiger partial charge in [-0.25, -0.2) is 0 Å². The summed E-state index contributed by atoms with van der Waals surface area (Å²) in [7, 11) is 0.0553. The van der Waals surface area contributed by atoms with E-state index in [2.05, 4.69) is 73.7 Å². The average Bonchev–Trinajstić information content (AvgIpc) is 2.31. The van der Waals surface area contributed by atoms with Crippen LogP contribution < -0.4 is 5.32 Å². The van der Waals surface area contributed by atoms with Gasteiger partial charge >= 0.3 is 0 Å². The van der Waals surface area contributed by atoms with Crippen LogP contribution in [0.4, 0.5) is 0 Å². The maximum absolute atomic E-state index is 3.76. The second-order valence-electron chi connectivity index (χ2n) is 8.03. The molecule has 0 bridgehead atoms. The SMILES string of the molecule is CC(C)P(C(C)C)C(C)C=C1NC(C)(C)CC1(C)C.[Ru]. The number of allylic oxidation sites excluding steroid dienone is 2. The molecule has 1 N–H and O–H groups in total. The Morgan fingerprint density at radius 2 is 1.45 bits per heavy atom. The Bertz CT molecular complexity index is 337. The Morgan fingerprint density at radius 1 is 1.00 bits per heavy atom. The molecule has 0 amide bonds. The van der Waals surface area contributed by atoms with Crippen molar-refractivity contribution in [2.45, 2.75) is 91.3 Å². The van der Waals surface area contributed by atoms with Crippen LogP contribution in [0.3, 0.4) is 0 Å². The molecule has 20 heavy (non-hydrogen) atoms. The van der Waals surface area contributed by atoms with Crippen molar-refractivity contribution in [2.75, 3.05) is 0 Å². The van der Waals surface area contributed by atoms with E-state index in [0.29, 0.717) is 11.1 Å². The van der Waals surface area contributed by atoms with Gasteiger partial charge in [-0.3, -0.25) is 0 Å². The second-order valence-corrected chi connectivity index (χ2v) is 11.8. The van der Waals surface area contributed by atoms with Gasteiger partial charge in [-0.15, -0.1) is 0 Å². The van der Waals surface area contributed by atoms with E-state index in [-0.39, 0.29) is 32.9 Å². The third-order valence-corrected chi connectivity index (χ3v) is 7.63. The van der Waals surface area contributed by atoms with Gasteiger partial charge in [0, 0.05) is 36.1 Å². The summed E-state index contributed by atoms with van der Waals surface area (Å²) in [5.74, 6) is 0. The van der Waals surface area contributed by atoms with Crippen LogP contribution in [0.1, 0.15) is 68.7 Å². The molecule has 0 aromatic carbocycles. The maximum atomic E-state index is 3.76. The predicted octanol–water partition coefficient (Wildman–Crippen LogP) is 5.35. The molecule has 1 unspecified atom stereocenters. The quantitative estimate of drug-likeness (QED) is 0.509. The summed E-state index contributed by atoms with van der Waals surface area (Å²) < 4.78 is 0. The standard InChI is InChI=1S/C17H34NP.Ru/c1-12(2)19(13(3)4)14(5)10-15-16(6,7)11-17(8,9)18-15;/h10,12-14,18H,11H2,1-9H3;. The maximum Gasteiger partial charge on any atom is 0.0323 e. The van der Waals surface area contributed by atoms with Gasteiger partial charge in [-0.05, 0) is 37.2 Å². The number of nitrogens with one attached hydrogen (secondary N) is 1. The summed E-state index contributed by atoms with van der Waals surface area (Å²) >= 11 is 0. The van der Waals surface area contributed by atoms with Crippen LogP contribution in [-0.2, 0) is 19.5 Å². The summed E-state index contributed by atoms with van der Waals surface area (Å²) in [5.41, 5.74) is 4.32. The first-order chi connectivity index (χ1) is 8.46. The second kappa shape index (κ2) is 7.24. The molecule has 0 saturated carbocycles. The van der Waals surface area contributed by atoms with E-state index in [0.717, 1.165) is 11.3 Å². The van der Waals surface area contributed by atoms with Crippen molar-refractivity contribution >= 4 is 7.92 Å². The minimum Gasteiger partial charge on any atom is -0.383 e. The van der Waals surface area contributed by atoms with Crippen molar-refractivity contribution in [1.82, 2.24) is 5.32 Å². The van der Waals surface area contributed by atoms with Crippen molar-refractivity contribution in [2.24, 2.45) is 5.41 Å². The van der Waals surface area contributed by atoms with Crippen LogP contribution in [0.5, 0.6) is 0 Å². The van der Waals surface area contributed by atoms with Crippen LogP contribution in [0, 0.1) is 5.41 Å². The van der Waals surface area contributed by atoms with Crippen molar-refractivity contribution in [1.29, 1.82) is 0 Å². The number of rotatable bonds is 4. The van der Waals surface area contributed by atoms with Gasteiger partial charge in [-0.2, -0.15) is 0 Å². The molecule has 1 saturated heterocycles. The van der Waals surface area contributed by atoms with Gasteiger partial charge in [0.05, 0.1) is 0 Å². The molecule has 0 aromatic rings. The van der Waals surface area contributed by atoms with Gasteiger partial charge in [0.25, 0.3) is 0 Å². The van der Waals surface area contributed by atoms with E-state index in [9.17, 15) is 0 Å². The molecule has 0 aromatic heterocycles. The molecule has 1 aliphatic heterocycles. The minimum atomic E-state index is 0. The van der Waals surface area contributed by atoms with Crippen LogP contribution in [0.15, 0.2) is 11.8 Å². The van der Waals surface area contributed by atoms with E-state index in [4.69, 9.17) is 0 Å². The van der Waals surface area contributed by atoms with Crippen LogP contribution in [-0.4, -0.2) is 22.5 Å². The zero-order valence-electron chi connectivity index (χ0n) is 14.8. The zero-order valence-corrected chi connectivity index (χ0v) is 17.4. The summed E-state index contributed by atoms with van der Waals surface area (Å²) in [6.07, 6.45) is 3.76.